The molecule has 1 amide bonds. The summed E-state index contributed by atoms with van der Waals surface area (Å²) < 4.78 is 51.0. The summed E-state index contributed by atoms with van der Waals surface area (Å²) in [6.07, 6.45) is 1.67. The van der Waals surface area contributed by atoms with Crippen LogP contribution in [0.25, 0.3) is 11.0 Å². The smallest absolute Gasteiger partial charge is 0.420 e. The molecule has 3 heterocycles. The van der Waals surface area contributed by atoms with Crippen LogP contribution >= 0.6 is 0 Å². The van der Waals surface area contributed by atoms with Crippen LogP contribution in [0.15, 0.2) is 48.9 Å². The lowest BCUT2D eigenvalue weighted by molar-refractivity contribution is -0.138. The van der Waals surface area contributed by atoms with Gasteiger partial charge in [0.15, 0.2) is 5.82 Å². The van der Waals surface area contributed by atoms with E-state index >= 15 is 0 Å². The van der Waals surface area contributed by atoms with Crippen LogP contribution in [0.3, 0.4) is 0 Å². The first-order chi connectivity index (χ1) is 20.1. The monoisotopic (exact) mass is 581 g/mol. The fourth-order valence-electron chi connectivity index (χ4n) is 4.69. The topological polar surface area (TPSA) is 114 Å². The van der Waals surface area contributed by atoms with Gasteiger partial charge in [-0.05, 0) is 62.1 Å². The van der Waals surface area contributed by atoms with Gasteiger partial charge in [0.1, 0.15) is 23.1 Å². The number of halogens is 3. The average molecular weight is 582 g/mol. The Balaban J connectivity index is 1.37. The molecular weight excluding hydrogens is 551 g/mol. The maximum atomic E-state index is 13.4. The van der Waals surface area contributed by atoms with Gasteiger partial charge in [0.05, 0.1) is 25.0 Å². The highest BCUT2D eigenvalue weighted by Crippen LogP contribution is 2.38. The van der Waals surface area contributed by atoms with E-state index in [9.17, 15) is 18.0 Å². The number of carbonyl (C=O) groups excluding carboxylic acids is 1. The molecule has 42 heavy (non-hydrogen) atoms. The van der Waals surface area contributed by atoms with Gasteiger partial charge in [-0.15, -0.1) is 0 Å². The number of alkyl halides is 3. The molecule has 1 aliphatic rings. The number of ether oxygens (including phenoxy) is 2. The Kier molecular flexibility index (Phi) is 8.39. The SMILES string of the molecule is COc1ccc(NC(=O)c2ccc(C)c(Nc3ncnc4cnc(N(C)CC5CCCCO5)nc34)c2)cc1C(F)(F)F. The lowest BCUT2D eigenvalue weighted by Gasteiger charge is -2.27. The maximum Gasteiger partial charge on any atom is 0.420 e. The summed E-state index contributed by atoms with van der Waals surface area (Å²) in [6, 6.07) is 8.27. The zero-order valence-electron chi connectivity index (χ0n) is 23.3. The van der Waals surface area contributed by atoms with Gasteiger partial charge in [0.2, 0.25) is 5.95 Å². The van der Waals surface area contributed by atoms with Gasteiger partial charge in [-0.1, -0.05) is 6.07 Å². The van der Waals surface area contributed by atoms with Crippen LogP contribution < -0.4 is 20.3 Å². The highest BCUT2D eigenvalue weighted by Gasteiger charge is 2.34. The third-order valence-electron chi connectivity index (χ3n) is 6.97. The molecule has 0 spiro atoms. The molecule has 1 unspecified atom stereocenters. The van der Waals surface area contributed by atoms with Gasteiger partial charge in [-0.3, -0.25) is 4.79 Å². The van der Waals surface area contributed by atoms with Crippen molar-refractivity contribution in [3.05, 3.63) is 65.6 Å². The summed E-state index contributed by atoms with van der Waals surface area (Å²) in [5.74, 6) is -0.00590. The second kappa shape index (κ2) is 12.1. The van der Waals surface area contributed by atoms with Crippen molar-refractivity contribution in [3.63, 3.8) is 0 Å². The van der Waals surface area contributed by atoms with E-state index in [4.69, 9.17) is 14.5 Å². The van der Waals surface area contributed by atoms with Crippen LogP contribution in [0.5, 0.6) is 5.75 Å². The van der Waals surface area contributed by atoms with Crippen molar-refractivity contribution < 1.29 is 27.4 Å². The van der Waals surface area contributed by atoms with Crippen LogP contribution in [0.2, 0.25) is 0 Å². The quantitative estimate of drug-likeness (QED) is 0.268. The number of rotatable bonds is 8. The predicted molar refractivity (Wildman–Crippen MR) is 152 cm³/mol. The number of fused-ring (bicyclic) bond motifs is 1. The molecule has 1 atom stereocenters. The molecule has 13 heteroatoms. The number of hydrogen-bond donors (Lipinski definition) is 2. The summed E-state index contributed by atoms with van der Waals surface area (Å²) >= 11 is 0. The van der Waals surface area contributed by atoms with Crippen LogP contribution in [0.4, 0.5) is 36.3 Å². The molecule has 1 saturated heterocycles. The third-order valence-corrected chi connectivity index (χ3v) is 6.97. The lowest BCUT2D eigenvalue weighted by atomic mass is 10.1. The third kappa shape index (κ3) is 6.51. The molecule has 0 bridgehead atoms. The van der Waals surface area contributed by atoms with Gasteiger partial charge in [-0.2, -0.15) is 13.2 Å². The van der Waals surface area contributed by atoms with E-state index in [0.717, 1.165) is 50.7 Å². The van der Waals surface area contributed by atoms with Gasteiger partial charge in [0, 0.05) is 37.1 Å². The number of benzene rings is 2. The van der Waals surface area contributed by atoms with Gasteiger partial charge in [0.25, 0.3) is 5.91 Å². The summed E-state index contributed by atoms with van der Waals surface area (Å²) in [5.41, 5.74) is 1.63. The van der Waals surface area contributed by atoms with Crippen molar-refractivity contribution in [2.45, 2.75) is 38.5 Å². The maximum absolute atomic E-state index is 13.4. The zero-order valence-corrected chi connectivity index (χ0v) is 23.3. The molecule has 1 fully saturated rings. The van der Waals surface area contributed by atoms with Crippen molar-refractivity contribution >= 4 is 40.1 Å². The van der Waals surface area contributed by atoms with Crippen molar-refractivity contribution in [2.75, 3.05) is 42.8 Å². The molecule has 220 valence electrons. The lowest BCUT2D eigenvalue weighted by Crippen LogP contribution is -2.34. The Labute approximate surface area is 240 Å². The minimum Gasteiger partial charge on any atom is -0.496 e. The summed E-state index contributed by atoms with van der Waals surface area (Å²) in [7, 11) is 3.06. The minimum atomic E-state index is -4.64. The van der Waals surface area contributed by atoms with Crippen LogP contribution in [0.1, 0.15) is 40.7 Å². The number of anilines is 4. The van der Waals surface area contributed by atoms with E-state index in [1.54, 1.807) is 24.4 Å². The average Bonchev–Trinajstić information content (AvgIpc) is 2.98. The summed E-state index contributed by atoms with van der Waals surface area (Å²) in [6.45, 7) is 3.26. The Hall–Kier alpha value is -4.52. The first kappa shape index (κ1) is 29.0. The highest BCUT2D eigenvalue weighted by molar-refractivity contribution is 6.05. The number of carbonyl (C=O) groups is 1. The van der Waals surface area contributed by atoms with Crippen molar-refractivity contribution in [1.29, 1.82) is 0 Å². The van der Waals surface area contributed by atoms with E-state index in [2.05, 4.69) is 25.6 Å². The van der Waals surface area contributed by atoms with Crippen molar-refractivity contribution in [1.82, 2.24) is 19.9 Å². The molecule has 2 aromatic heterocycles. The number of nitrogens with zero attached hydrogens (tertiary/aromatic N) is 5. The van der Waals surface area contributed by atoms with E-state index in [1.165, 1.54) is 12.4 Å². The Morgan fingerprint density at radius 2 is 1.98 bits per heavy atom. The normalized spacial score (nSPS) is 15.3. The second-order valence-corrected chi connectivity index (χ2v) is 10.0. The molecule has 0 aliphatic carbocycles. The molecule has 2 aromatic carbocycles. The fourth-order valence-corrected chi connectivity index (χ4v) is 4.69. The molecule has 10 nitrogen and oxygen atoms in total. The van der Waals surface area contributed by atoms with Crippen LogP contribution in [0, 0.1) is 6.92 Å². The second-order valence-electron chi connectivity index (χ2n) is 10.0. The van der Waals surface area contributed by atoms with Crippen molar-refractivity contribution in [2.24, 2.45) is 0 Å². The Morgan fingerprint density at radius 1 is 1.14 bits per heavy atom. The number of aromatic nitrogens is 4. The fraction of sp³-hybridized carbons (Fsp3) is 0.345. The number of nitrogens with one attached hydrogen (secondary N) is 2. The van der Waals surface area contributed by atoms with Gasteiger partial charge < -0.3 is 25.0 Å². The number of aryl methyl sites for hydroxylation is 1. The zero-order chi connectivity index (χ0) is 29.9. The largest absolute Gasteiger partial charge is 0.496 e. The first-order valence-corrected chi connectivity index (χ1v) is 13.4. The Bertz CT molecular complexity index is 1590. The van der Waals surface area contributed by atoms with Gasteiger partial charge >= 0.3 is 6.18 Å². The minimum absolute atomic E-state index is 0.0167. The number of hydrogen-bond acceptors (Lipinski definition) is 9. The van der Waals surface area contributed by atoms with E-state index in [-0.39, 0.29) is 23.1 Å². The van der Waals surface area contributed by atoms with E-state index in [0.29, 0.717) is 35.0 Å². The first-order valence-electron chi connectivity index (χ1n) is 13.4. The standard InChI is InChI=1S/C29H30F3N7O3/c1-17-7-8-18(27(40)36-19-9-10-24(41-3)21(13-19)29(30,31)32)12-22(17)37-26-25-23(34-16-35-26)14-33-28(38-25)39(2)15-20-6-4-5-11-42-20/h7-10,12-14,16,20H,4-6,11,15H2,1-3H3,(H,36,40)(H,34,35,37). The molecule has 4 aromatic rings. The number of likely N-dealkylation sites (N-methyl/N-ethyl adjacent to an activating group) is 1. The number of methoxy groups -OCH3 is 1. The predicted octanol–water partition coefficient (Wildman–Crippen LogP) is 5.76. The molecule has 1 aliphatic heterocycles. The molecule has 0 radical (unpaired) electrons. The molecule has 0 saturated carbocycles. The molecular formula is C29H30F3N7O3. The highest BCUT2D eigenvalue weighted by atomic mass is 19.4. The van der Waals surface area contributed by atoms with E-state index < -0.39 is 17.6 Å². The molecule has 5 rings (SSSR count). The Morgan fingerprint density at radius 3 is 2.71 bits per heavy atom. The van der Waals surface area contributed by atoms with Crippen LogP contribution in [-0.4, -0.2) is 59.3 Å². The van der Waals surface area contributed by atoms with Crippen molar-refractivity contribution in [3.8, 4) is 5.75 Å². The number of amides is 1. The summed E-state index contributed by atoms with van der Waals surface area (Å²) in [4.78, 5) is 32.8. The van der Waals surface area contributed by atoms with Gasteiger partial charge in [-0.25, -0.2) is 19.9 Å². The van der Waals surface area contributed by atoms with E-state index in [1.807, 2.05) is 18.9 Å². The molecule has 2 N–H and O–H groups in total. The van der Waals surface area contributed by atoms with Crippen LogP contribution in [-0.2, 0) is 10.9 Å². The summed E-state index contributed by atoms with van der Waals surface area (Å²) in [5, 5.41) is 5.77.